The molecule has 2 aromatic rings. The average molecular weight is 500 g/mol. The molecule has 186 valence electrons. The van der Waals surface area contributed by atoms with Crippen LogP contribution >= 0.6 is 0 Å². The Morgan fingerprint density at radius 3 is 2.29 bits per heavy atom. The number of hydrogen-bond acceptors (Lipinski definition) is 6. The first-order valence-corrected chi connectivity index (χ1v) is 12.5. The quantitative estimate of drug-likeness (QED) is 0.424. The van der Waals surface area contributed by atoms with Crippen molar-refractivity contribution in [3.63, 3.8) is 0 Å². The van der Waals surface area contributed by atoms with Crippen LogP contribution in [0.4, 0.5) is 13.2 Å². The molecule has 0 atom stereocenters. The van der Waals surface area contributed by atoms with Gasteiger partial charge in [-0.2, -0.15) is 13.2 Å². The van der Waals surface area contributed by atoms with Crippen LogP contribution < -0.4 is 5.48 Å². The second kappa shape index (κ2) is 10.4. The normalized spacial score (nSPS) is 16.9. The number of aryl methyl sites for hydroxylation is 1. The Morgan fingerprint density at radius 2 is 1.79 bits per heavy atom. The largest absolute Gasteiger partial charge is 0.389 e. The highest BCUT2D eigenvalue weighted by molar-refractivity contribution is 7.93. The second-order valence-electron chi connectivity index (χ2n) is 8.42. The summed E-state index contributed by atoms with van der Waals surface area (Å²) in [5.41, 5.74) is 3.39. The van der Waals surface area contributed by atoms with Gasteiger partial charge in [-0.15, -0.1) is 0 Å². The summed E-state index contributed by atoms with van der Waals surface area (Å²) >= 11 is 0. The van der Waals surface area contributed by atoms with Gasteiger partial charge >= 0.3 is 6.18 Å². The Kier molecular flexibility index (Phi) is 7.99. The second-order valence-corrected chi connectivity index (χ2v) is 10.7. The topological polar surface area (TPSA) is 99.6 Å². The molecule has 1 aromatic carbocycles. The molecule has 1 aliphatic heterocycles. The molecular weight excluding hydrogens is 471 g/mol. The SMILES string of the molecule is CCN1CCC(C(=O)NO)(S(=O)(=O)c2ccc(-c3ccc(CCCC(F)(F)F)cn3)cc2)CC1. The van der Waals surface area contributed by atoms with Crippen LogP contribution in [-0.2, 0) is 21.1 Å². The van der Waals surface area contributed by atoms with Crippen molar-refractivity contribution in [3.05, 3.63) is 48.2 Å². The Hall–Kier alpha value is -2.50. The van der Waals surface area contributed by atoms with Crippen LogP contribution in [0.3, 0.4) is 0 Å². The molecule has 0 unspecified atom stereocenters. The number of carbonyl (C=O) groups excluding carboxylic acids is 1. The number of nitrogens with zero attached hydrogens (tertiary/aromatic N) is 2. The summed E-state index contributed by atoms with van der Waals surface area (Å²) in [4.78, 5) is 18.8. The van der Waals surface area contributed by atoms with Crippen molar-refractivity contribution < 1.29 is 31.6 Å². The molecule has 34 heavy (non-hydrogen) atoms. The maximum Gasteiger partial charge on any atom is 0.389 e. The molecule has 3 rings (SSSR count). The molecule has 0 aliphatic carbocycles. The fourth-order valence-electron chi connectivity index (χ4n) is 4.22. The van der Waals surface area contributed by atoms with E-state index in [2.05, 4.69) is 4.98 Å². The third-order valence-corrected chi connectivity index (χ3v) is 8.87. The lowest BCUT2D eigenvalue weighted by Crippen LogP contribution is -2.57. The van der Waals surface area contributed by atoms with Crippen LogP contribution in [-0.4, -0.2) is 60.0 Å². The third kappa shape index (κ3) is 5.59. The standard InChI is InChI=1S/C23H28F3N3O4S/c1-2-29-14-12-22(13-15-29,21(30)28-31)34(32,33)19-8-6-18(7-9-19)20-10-5-17(16-27-20)4-3-11-23(24,25)26/h5-10,16,31H,2-4,11-15H2,1H3,(H,28,30). The number of benzene rings is 1. The van der Waals surface area contributed by atoms with Gasteiger partial charge in [0.2, 0.25) is 0 Å². The van der Waals surface area contributed by atoms with Gasteiger partial charge in [-0.25, -0.2) is 13.9 Å². The van der Waals surface area contributed by atoms with E-state index in [0.29, 0.717) is 29.9 Å². The minimum atomic E-state index is -4.18. The van der Waals surface area contributed by atoms with Crippen molar-refractivity contribution in [2.45, 2.75) is 54.8 Å². The van der Waals surface area contributed by atoms with Crippen molar-refractivity contribution >= 4 is 15.7 Å². The number of nitrogens with one attached hydrogen (secondary N) is 1. The van der Waals surface area contributed by atoms with Crippen molar-refractivity contribution in [1.82, 2.24) is 15.4 Å². The molecule has 1 amide bonds. The fourth-order valence-corrected chi connectivity index (χ4v) is 6.17. The summed E-state index contributed by atoms with van der Waals surface area (Å²) in [6.45, 7) is 3.52. The van der Waals surface area contributed by atoms with Gasteiger partial charge in [0.25, 0.3) is 5.91 Å². The highest BCUT2D eigenvalue weighted by atomic mass is 32.2. The van der Waals surface area contributed by atoms with Gasteiger partial charge < -0.3 is 4.90 Å². The Labute approximate surface area is 196 Å². The summed E-state index contributed by atoms with van der Waals surface area (Å²) < 4.78 is 62.1. The van der Waals surface area contributed by atoms with E-state index in [1.807, 2.05) is 11.8 Å². The number of hydroxylamine groups is 1. The molecule has 0 radical (unpaired) electrons. The van der Waals surface area contributed by atoms with Gasteiger partial charge in [-0.3, -0.25) is 15.0 Å². The van der Waals surface area contributed by atoms with Gasteiger partial charge in [0.15, 0.2) is 14.6 Å². The third-order valence-electron chi connectivity index (χ3n) is 6.35. The van der Waals surface area contributed by atoms with Crippen LogP contribution in [0.25, 0.3) is 11.3 Å². The molecule has 1 fully saturated rings. The molecule has 2 heterocycles. The number of alkyl halides is 3. The summed E-state index contributed by atoms with van der Waals surface area (Å²) in [5, 5.41) is 9.25. The molecule has 1 aliphatic rings. The van der Waals surface area contributed by atoms with E-state index >= 15 is 0 Å². The number of rotatable bonds is 8. The van der Waals surface area contributed by atoms with Crippen LogP contribution in [0.1, 0.15) is 38.2 Å². The van der Waals surface area contributed by atoms with E-state index < -0.39 is 33.1 Å². The lowest BCUT2D eigenvalue weighted by molar-refractivity contribution is -0.135. The maximum atomic E-state index is 13.5. The van der Waals surface area contributed by atoms with E-state index in [-0.39, 0.29) is 30.6 Å². The van der Waals surface area contributed by atoms with Crippen LogP contribution in [0.5, 0.6) is 0 Å². The zero-order valence-corrected chi connectivity index (χ0v) is 19.6. The molecule has 0 bridgehead atoms. The fraction of sp³-hybridized carbons (Fsp3) is 0.478. The Bertz CT molecular complexity index is 1080. The highest BCUT2D eigenvalue weighted by Crippen LogP contribution is 2.36. The minimum Gasteiger partial charge on any atom is -0.303 e. The number of sulfone groups is 1. The first-order valence-electron chi connectivity index (χ1n) is 11.1. The van der Waals surface area contributed by atoms with Gasteiger partial charge in [0.1, 0.15) is 0 Å². The molecular formula is C23H28F3N3O4S. The predicted octanol–water partition coefficient (Wildman–Crippen LogP) is 3.77. The molecule has 2 N–H and O–H groups in total. The lowest BCUT2D eigenvalue weighted by atomic mass is 9.95. The van der Waals surface area contributed by atoms with Gasteiger partial charge in [-0.05, 0) is 56.0 Å². The highest BCUT2D eigenvalue weighted by Gasteiger charge is 2.52. The molecule has 11 heteroatoms. The average Bonchev–Trinajstić information content (AvgIpc) is 2.83. The number of halogens is 3. The van der Waals surface area contributed by atoms with E-state index in [1.54, 1.807) is 29.7 Å². The summed E-state index contributed by atoms with van der Waals surface area (Å²) in [7, 11) is -4.11. The Morgan fingerprint density at radius 1 is 1.15 bits per heavy atom. The van der Waals surface area contributed by atoms with Crippen molar-refractivity contribution in [2.24, 2.45) is 0 Å². The van der Waals surface area contributed by atoms with Crippen LogP contribution in [0.2, 0.25) is 0 Å². The molecule has 0 spiro atoms. The first-order chi connectivity index (χ1) is 16.0. The number of hydrogen-bond donors (Lipinski definition) is 2. The van der Waals surface area contributed by atoms with E-state index in [9.17, 15) is 31.6 Å². The number of piperidine rings is 1. The van der Waals surface area contributed by atoms with E-state index in [0.717, 1.165) is 6.54 Å². The summed E-state index contributed by atoms with van der Waals surface area (Å²) in [6, 6.07) is 9.33. The smallest absolute Gasteiger partial charge is 0.303 e. The Balaban J connectivity index is 1.78. The number of amides is 1. The zero-order chi connectivity index (χ0) is 25.0. The van der Waals surface area contributed by atoms with Gasteiger partial charge in [0.05, 0.1) is 10.6 Å². The first kappa shape index (κ1) is 26.1. The molecule has 1 aromatic heterocycles. The van der Waals surface area contributed by atoms with E-state index in [4.69, 9.17) is 0 Å². The lowest BCUT2D eigenvalue weighted by Gasteiger charge is -2.39. The van der Waals surface area contributed by atoms with Crippen LogP contribution in [0, 0.1) is 0 Å². The number of pyridine rings is 1. The van der Waals surface area contributed by atoms with E-state index in [1.165, 1.54) is 18.3 Å². The number of likely N-dealkylation sites (tertiary alicyclic amines) is 1. The molecule has 0 saturated carbocycles. The summed E-state index contributed by atoms with van der Waals surface area (Å²) in [5.74, 6) is -0.935. The van der Waals surface area contributed by atoms with Crippen LogP contribution in [0.15, 0.2) is 47.5 Å². The monoisotopic (exact) mass is 499 g/mol. The van der Waals surface area contributed by atoms with Crippen molar-refractivity contribution in [3.8, 4) is 11.3 Å². The number of aromatic nitrogens is 1. The minimum absolute atomic E-state index is 0.0176. The van der Waals surface area contributed by atoms with Crippen molar-refractivity contribution in [1.29, 1.82) is 0 Å². The maximum absolute atomic E-state index is 13.5. The predicted molar refractivity (Wildman–Crippen MR) is 120 cm³/mol. The summed E-state index contributed by atoms with van der Waals surface area (Å²) in [6.07, 6.45) is -3.15. The number of carbonyl (C=O) groups is 1. The molecule has 7 nitrogen and oxygen atoms in total. The van der Waals surface area contributed by atoms with Gasteiger partial charge in [-0.1, -0.05) is 25.1 Å². The zero-order valence-electron chi connectivity index (χ0n) is 18.8. The van der Waals surface area contributed by atoms with Crippen molar-refractivity contribution in [2.75, 3.05) is 19.6 Å². The molecule has 1 saturated heterocycles. The van der Waals surface area contributed by atoms with Gasteiger partial charge in [0, 0.05) is 31.3 Å².